The van der Waals surface area contributed by atoms with Gasteiger partial charge in [0.2, 0.25) is 0 Å². The van der Waals surface area contributed by atoms with E-state index in [9.17, 15) is 4.79 Å². The first-order valence-corrected chi connectivity index (χ1v) is 9.32. The van der Waals surface area contributed by atoms with Crippen molar-refractivity contribution in [3.05, 3.63) is 22.4 Å². The maximum absolute atomic E-state index is 12.1. The molecule has 3 heterocycles. The highest BCUT2D eigenvalue weighted by atomic mass is 32.1. The number of carbonyl (C=O) groups is 1. The molecule has 2 amide bonds. The summed E-state index contributed by atoms with van der Waals surface area (Å²) in [5.41, 5.74) is 1.62. The molecule has 2 aliphatic rings. The largest absolute Gasteiger partial charge is 0.379 e. The average Bonchev–Trinajstić information content (AvgIpc) is 3.05. The van der Waals surface area contributed by atoms with Gasteiger partial charge in [-0.25, -0.2) is 4.79 Å². The molecule has 2 saturated heterocycles. The van der Waals surface area contributed by atoms with Crippen LogP contribution >= 0.6 is 11.3 Å². The Morgan fingerprint density at radius 2 is 2.22 bits per heavy atom. The maximum atomic E-state index is 12.1. The van der Waals surface area contributed by atoms with E-state index in [-0.39, 0.29) is 17.5 Å². The van der Waals surface area contributed by atoms with E-state index in [2.05, 4.69) is 27.0 Å². The Bertz CT molecular complexity index is 510. The van der Waals surface area contributed by atoms with Crippen LogP contribution in [0, 0.1) is 5.41 Å². The first kappa shape index (κ1) is 16.7. The van der Waals surface area contributed by atoms with Crippen molar-refractivity contribution in [3.8, 4) is 0 Å². The fraction of sp³-hybridized carbons (Fsp3) is 0.706. The van der Waals surface area contributed by atoms with Gasteiger partial charge in [0.25, 0.3) is 0 Å². The van der Waals surface area contributed by atoms with Crippen molar-refractivity contribution in [1.29, 1.82) is 0 Å². The molecule has 1 aromatic heterocycles. The fourth-order valence-corrected chi connectivity index (χ4v) is 4.36. The lowest BCUT2D eigenvalue weighted by molar-refractivity contribution is -0.0484. The quantitative estimate of drug-likeness (QED) is 0.921. The van der Waals surface area contributed by atoms with Gasteiger partial charge in [-0.3, -0.25) is 4.90 Å². The highest BCUT2D eigenvalue weighted by molar-refractivity contribution is 7.07. The van der Waals surface area contributed by atoms with Crippen LogP contribution in [0.4, 0.5) is 4.79 Å². The minimum Gasteiger partial charge on any atom is -0.379 e. The predicted octanol–water partition coefficient (Wildman–Crippen LogP) is 2.39. The number of amides is 2. The van der Waals surface area contributed by atoms with Crippen LogP contribution in [0.2, 0.25) is 0 Å². The van der Waals surface area contributed by atoms with E-state index in [1.165, 1.54) is 5.56 Å². The van der Waals surface area contributed by atoms with E-state index in [4.69, 9.17) is 4.74 Å². The molecular weight excluding hydrogens is 310 g/mol. The van der Waals surface area contributed by atoms with Crippen LogP contribution in [0.15, 0.2) is 16.8 Å². The highest BCUT2D eigenvalue weighted by Crippen LogP contribution is 2.41. The number of nitrogens with one attached hydrogen (secondary N) is 1. The Morgan fingerprint density at radius 1 is 1.43 bits per heavy atom. The van der Waals surface area contributed by atoms with Crippen molar-refractivity contribution in [2.45, 2.75) is 31.8 Å². The monoisotopic (exact) mass is 337 g/mol. The Kier molecular flexibility index (Phi) is 5.24. The molecule has 3 rings (SSSR count). The molecule has 5 nitrogen and oxygen atoms in total. The van der Waals surface area contributed by atoms with E-state index >= 15 is 0 Å². The molecule has 1 atom stereocenters. The number of carbonyl (C=O) groups excluding carboxylic acids is 1. The van der Waals surface area contributed by atoms with Crippen molar-refractivity contribution in [3.63, 3.8) is 0 Å². The van der Waals surface area contributed by atoms with Crippen molar-refractivity contribution in [2.24, 2.45) is 5.41 Å². The second kappa shape index (κ2) is 7.20. The third-order valence-corrected chi connectivity index (χ3v) is 6.04. The number of piperidine rings is 1. The van der Waals surface area contributed by atoms with Crippen LogP contribution in [-0.4, -0.2) is 62.3 Å². The van der Waals surface area contributed by atoms with E-state index in [0.29, 0.717) is 6.61 Å². The van der Waals surface area contributed by atoms with Gasteiger partial charge >= 0.3 is 6.03 Å². The number of hydrogen-bond acceptors (Lipinski definition) is 4. The van der Waals surface area contributed by atoms with E-state index < -0.39 is 0 Å². The zero-order valence-corrected chi connectivity index (χ0v) is 14.9. The fourth-order valence-electron chi connectivity index (χ4n) is 3.70. The molecule has 0 saturated carbocycles. The van der Waals surface area contributed by atoms with Crippen LogP contribution in [0.3, 0.4) is 0 Å². The summed E-state index contributed by atoms with van der Waals surface area (Å²) in [7, 11) is 3.57. The number of urea groups is 1. The molecule has 23 heavy (non-hydrogen) atoms. The third kappa shape index (κ3) is 3.87. The average molecular weight is 337 g/mol. The van der Waals surface area contributed by atoms with Gasteiger partial charge in [0.05, 0.1) is 12.6 Å². The van der Waals surface area contributed by atoms with Crippen LogP contribution < -0.4 is 5.32 Å². The molecule has 0 bridgehead atoms. The van der Waals surface area contributed by atoms with Gasteiger partial charge in [0, 0.05) is 27.2 Å². The SMILES string of the molecule is CN(C)C(=O)NC1COCCC12CCN(Cc1ccsc1)CC2. The summed E-state index contributed by atoms with van der Waals surface area (Å²) in [5, 5.41) is 7.56. The van der Waals surface area contributed by atoms with Gasteiger partial charge in [-0.2, -0.15) is 11.3 Å². The van der Waals surface area contributed by atoms with E-state index in [0.717, 1.165) is 45.5 Å². The summed E-state index contributed by atoms with van der Waals surface area (Å²) in [6, 6.07) is 2.33. The van der Waals surface area contributed by atoms with Crippen LogP contribution in [0.25, 0.3) is 0 Å². The second-order valence-corrected chi connectivity index (χ2v) is 7.77. The summed E-state index contributed by atoms with van der Waals surface area (Å²) in [6.07, 6.45) is 3.33. The van der Waals surface area contributed by atoms with Gasteiger partial charge in [-0.05, 0) is 60.2 Å². The van der Waals surface area contributed by atoms with E-state index in [1.807, 2.05) is 0 Å². The molecule has 1 spiro atoms. The van der Waals surface area contributed by atoms with Crippen LogP contribution in [0.5, 0.6) is 0 Å². The smallest absolute Gasteiger partial charge is 0.317 e. The van der Waals surface area contributed by atoms with Crippen molar-refractivity contribution >= 4 is 17.4 Å². The lowest BCUT2D eigenvalue weighted by Gasteiger charge is -2.49. The van der Waals surface area contributed by atoms with Gasteiger partial charge in [-0.1, -0.05) is 0 Å². The Balaban J connectivity index is 1.60. The number of hydrogen-bond donors (Lipinski definition) is 1. The summed E-state index contributed by atoms with van der Waals surface area (Å²) >= 11 is 1.76. The minimum atomic E-state index is -0.0134. The van der Waals surface area contributed by atoms with Crippen molar-refractivity contribution in [2.75, 3.05) is 40.4 Å². The lowest BCUT2D eigenvalue weighted by atomic mass is 9.69. The molecule has 0 radical (unpaired) electrons. The topological polar surface area (TPSA) is 44.8 Å². The molecule has 2 aliphatic heterocycles. The maximum Gasteiger partial charge on any atom is 0.317 e. The molecule has 1 unspecified atom stereocenters. The summed E-state index contributed by atoms with van der Waals surface area (Å²) in [5.74, 6) is 0. The zero-order valence-electron chi connectivity index (χ0n) is 14.1. The molecule has 128 valence electrons. The Labute approximate surface area is 142 Å². The normalized spacial score (nSPS) is 24.5. The number of ether oxygens (including phenoxy) is 1. The van der Waals surface area contributed by atoms with Crippen LogP contribution in [-0.2, 0) is 11.3 Å². The Hall–Kier alpha value is -1.11. The molecule has 1 N–H and O–H groups in total. The molecule has 0 aliphatic carbocycles. The Morgan fingerprint density at radius 3 is 2.87 bits per heavy atom. The molecule has 0 aromatic carbocycles. The van der Waals surface area contributed by atoms with Crippen molar-refractivity contribution in [1.82, 2.24) is 15.1 Å². The first-order chi connectivity index (χ1) is 11.1. The number of thiophene rings is 1. The minimum absolute atomic E-state index is 0.0134. The number of nitrogens with zero attached hydrogens (tertiary/aromatic N) is 2. The molecule has 2 fully saturated rings. The second-order valence-electron chi connectivity index (χ2n) is 6.99. The predicted molar refractivity (Wildman–Crippen MR) is 92.7 cm³/mol. The van der Waals surface area contributed by atoms with Gasteiger partial charge < -0.3 is 15.0 Å². The van der Waals surface area contributed by atoms with Crippen molar-refractivity contribution < 1.29 is 9.53 Å². The summed E-state index contributed by atoms with van der Waals surface area (Å²) in [4.78, 5) is 16.2. The summed E-state index contributed by atoms with van der Waals surface area (Å²) in [6.45, 7) is 4.71. The number of rotatable bonds is 3. The lowest BCUT2D eigenvalue weighted by Crippen LogP contribution is -2.58. The molecule has 1 aromatic rings. The highest BCUT2D eigenvalue weighted by Gasteiger charge is 2.44. The molecular formula is C17H27N3O2S. The summed E-state index contributed by atoms with van der Waals surface area (Å²) < 4.78 is 5.66. The zero-order chi connectivity index (χ0) is 16.3. The van der Waals surface area contributed by atoms with E-state index in [1.54, 1.807) is 30.3 Å². The van der Waals surface area contributed by atoms with Gasteiger partial charge in [-0.15, -0.1) is 0 Å². The standard InChI is InChI=1S/C17H27N3O2S/c1-19(2)16(21)18-15-12-22-9-6-17(15)4-7-20(8-5-17)11-14-3-10-23-13-14/h3,10,13,15H,4-9,11-12H2,1-2H3,(H,18,21). The number of likely N-dealkylation sites (tertiary alicyclic amines) is 1. The van der Waals surface area contributed by atoms with Gasteiger partial charge in [0.1, 0.15) is 0 Å². The molecule has 6 heteroatoms. The van der Waals surface area contributed by atoms with Gasteiger partial charge in [0.15, 0.2) is 0 Å². The van der Waals surface area contributed by atoms with Crippen LogP contribution in [0.1, 0.15) is 24.8 Å². The first-order valence-electron chi connectivity index (χ1n) is 8.38. The third-order valence-electron chi connectivity index (χ3n) is 5.31.